The van der Waals surface area contributed by atoms with Gasteiger partial charge in [-0.3, -0.25) is 6.08 Å². The third-order valence-corrected chi connectivity index (χ3v) is 2.22. The predicted octanol–water partition coefficient (Wildman–Crippen LogP) is 5.61. The third kappa shape index (κ3) is 11.9. The first-order valence-electron chi connectivity index (χ1n) is 6.34. The van der Waals surface area contributed by atoms with Crippen molar-refractivity contribution in [2.24, 2.45) is 0 Å². The van der Waals surface area contributed by atoms with Gasteiger partial charge >= 0.3 is 0 Å². The molecular formula is C16H27Rf-. The van der Waals surface area contributed by atoms with Crippen molar-refractivity contribution >= 4 is 0 Å². The molecule has 17 heavy (non-hydrogen) atoms. The summed E-state index contributed by atoms with van der Waals surface area (Å²) < 4.78 is 0. The van der Waals surface area contributed by atoms with Crippen molar-refractivity contribution in [2.45, 2.75) is 53.4 Å². The van der Waals surface area contributed by atoms with Crippen LogP contribution in [-0.2, 0) is 0 Å². The molecule has 0 saturated heterocycles. The molecule has 0 bridgehead atoms. The van der Waals surface area contributed by atoms with Gasteiger partial charge in [0.2, 0.25) is 0 Å². The van der Waals surface area contributed by atoms with Crippen LogP contribution in [0.4, 0.5) is 0 Å². The van der Waals surface area contributed by atoms with Crippen LogP contribution in [0.3, 0.4) is 0 Å². The summed E-state index contributed by atoms with van der Waals surface area (Å²) in [6, 6.07) is 10.6. The fourth-order valence-electron chi connectivity index (χ4n) is 1.02. The quantitative estimate of drug-likeness (QED) is 0.488. The van der Waals surface area contributed by atoms with E-state index in [9.17, 15) is 0 Å². The summed E-state index contributed by atoms with van der Waals surface area (Å²) in [6.07, 6.45) is 3.82. The summed E-state index contributed by atoms with van der Waals surface area (Å²) in [5, 5.41) is 0. The van der Waals surface area contributed by atoms with Crippen LogP contribution in [0.2, 0.25) is 0 Å². The Morgan fingerprint density at radius 2 is 1.53 bits per heavy atom. The summed E-state index contributed by atoms with van der Waals surface area (Å²) in [5.74, 6) is 0.709. The van der Waals surface area contributed by atoms with E-state index in [2.05, 4.69) is 44.2 Å². The number of rotatable bonds is 3. The van der Waals surface area contributed by atoms with Crippen LogP contribution in [0.15, 0.2) is 36.4 Å². The van der Waals surface area contributed by atoms with Crippen molar-refractivity contribution in [3.8, 4) is 0 Å². The summed E-state index contributed by atoms with van der Waals surface area (Å²) in [6.45, 7) is 15.4. The van der Waals surface area contributed by atoms with Crippen LogP contribution in [0.5, 0.6) is 0 Å². The second-order valence-corrected chi connectivity index (χ2v) is 3.36. The predicted molar refractivity (Wildman–Crippen MR) is 75.7 cm³/mol. The normalized spacial score (nSPS) is 9.47. The molecule has 0 nitrogen and oxygen atoms in total. The summed E-state index contributed by atoms with van der Waals surface area (Å²) in [5.41, 5.74) is 1.45. The molecule has 0 saturated carbocycles. The maximum Gasteiger partial charge on any atom is 0 e. The zero-order valence-electron chi connectivity index (χ0n) is 12.2. The van der Waals surface area contributed by atoms with E-state index >= 15 is 0 Å². The van der Waals surface area contributed by atoms with E-state index in [1.807, 2.05) is 20.8 Å². The van der Waals surface area contributed by atoms with Crippen LogP contribution in [0.1, 0.15) is 58.9 Å². The van der Waals surface area contributed by atoms with Crippen LogP contribution in [0, 0.1) is 6.58 Å². The number of allylic oxidation sites excluding steroid dienone is 1. The zero-order valence-corrected chi connectivity index (χ0v) is 18.6. The Labute approximate surface area is 102 Å². The van der Waals surface area contributed by atoms with E-state index in [0.29, 0.717) is 5.92 Å². The van der Waals surface area contributed by atoms with Gasteiger partial charge in [-0.25, -0.2) is 0 Å². The van der Waals surface area contributed by atoms with Gasteiger partial charge in [0.15, 0.2) is 0 Å². The van der Waals surface area contributed by atoms with Gasteiger partial charge < -0.3 is 6.58 Å². The van der Waals surface area contributed by atoms with Crippen molar-refractivity contribution in [2.75, 3.05) is 0 Å². The number of benzene rings is 1. The van der Waals surface area contributed by atoms with Crippen LogP contribution in [0.25, 0.3) is 0 Å². The first-order chi connectivity index (χ1) is 7.76. The molecule has 1 rings (SSSR count). The minimum atomic E-state index is 0. The second kappa shape index (κ2) is 16.4. The van der Waals surface area contributed by atoms with Crippen molar-refractivity contribution < 1.29 is 0 Å². The van der Waals surface area contributed by atoms with Crippen LogP contribution >= 0.6 is 0 Å². The maximum absolute atomic E-state index is 4.90. The Balaban J connectivity index is -0.000000242. The van der Waals surface area contributed by atoms with Gasteiger partial charge in [0.1, 0.15) is 0 Å². The molecule has 0 aliphatic rings. The Hall–Kier alpha value is -2.04. The topological polar surface area (TPSA) is 0 Å². The molecule has 0 aliphatic carbocycles. The van der Waals surface area contributed by atoms with Gasteiger partial charge in [0, 0.05) is 0 Å². The average molecular weight is 486 g/mol. The minimum absolute atomic E-state index is 0. The van der Waals surface area contributed by atoms with Gasteiger partial charge in [-0.1, -0.05) is 71.4 Å². The minimum Gasteiger partial charge on any atom is -0.518 e. The first kappa shape index (κ1) is 20.4. The Morgan fingerprint density at radius 1 is 1.12 bits per heavy atom. The molecule has 1 heteroatoms. The maximum atomic E-state index is 4.90. The van der Waals surface area contributed by atoms with E-state index < -0.39 is 0 Å². The third-order valence-electron chi connectivity index (χ3n) is 2.22. The fraction of sp³-hybridized carbons (Fsp3) is 0.500. The molecule has 0 N–H and O–H groups in total. The zero-order chi connectivity index (χ0) is 12.8. The average Bonchev–Trinajstić information content (AvgIpc) is 2.41. The Kier molecular flexibility index (Phi) is 19.7. The SMILES string of the molecule is CC.CCC(C)c1ccccc1.[CH-]=CCC.[Rf]. The summed E-state index contributed by atoms with van der Waals surface area (Å²) in [4.78, 5) is 0. The monoisotopic (exact) mass is 486 g/mol. The molecule has 0 aliphatic heterocycles. The molecular weight excluding hydrogens is 459 g/mol. The van der Waals surface area contributed by atoms with Crippen LogP contribution < -0.4 is 0 Å². The smallest absolute Gasteiger partial charge is 0 e. The van der Waals surface area contributed by atoms with Gasteiger partial charge in [-0.05, 0) is 17.9 Å². The van der Waals surface area contributed by atoms with E-state index in [4.69, 9.17) is 6.58 Å². The van der Waals surface area contributed by atoms with E-state index in [0.717, 1.165) is 6.42 Å². The molecule has 0 amide bonds. The standard InChI is InChI=1S/C10H14.C4H7.C2H6.Rf/c1-3-9(2)10-7-5-4-6-8-10;1-3-4-2;1-2;/h4-9H,3H2,1-2H3;1,3H,4H2,2H3;1-2H3;/q;-1;;. The van der Waals surface area contributed by atoms with Crippen LogP contribution in [-0.4, -0.2) is 0 Å². The van der Waals surface area contributed by atoms with Gasteiger partial charge in [0.05, 0.1) is 0 Å². The molecule has 0 fully saturated rings. The Bertz CT molecular complexity index is 229. The van der Waals surface area contributed by atoms with Crippen molar-refractivity contribution in [3.63, 3.8) is 0 Å². The molecule has 0 radical (unpaired) electrons. The van der Waals surface area contributed by atoms with Gasteiger partial charge in [-0.15, -0.1) is 0 Å². The van der Waals surface area contributed by atoms with Gasteiger partial charge in [0.25, 0.3) is 0 Å². The molecule has 94 valence electrons. The van der Waals surface area contributed by atoms with E-state index in [-0.39, 0.29) is 0 Å². The van der Waals surface area contributed by atoms with Gasteiger partial charge in [-0.2, -0.15) is 0 Å². The molecule has 1 aromatic carbocycles. The summed E-state index contributed by atoms with van der Waals surface area (Å²) in [7, 11) is 0. The second-order valence-electron chi connectivity index (χ2n) is 3.36. The summed E-state index contributed by atoms with van der Waals surface area (Å²) >= 11 is 0. The first-order valence-corrected chi connectivity index (χ1v) is 6.34. The molecule has 0 heterocycles. The molecule has 0 aromatic heterocycles. The molecule has 1 atom stereocenters. The largest absolute Gasteiger partial charge is 0.518 e. The van der Waals surface area contributed by atoms with Crippen molar-refractivity contribution in [1.29, 1.82) is 0 Å². The van der Waals surface area contributed by atoms with E-state index in [1.165, 1.54) is 12.0 Å². The Morgan fingerprint density at radius 3 is 1.82 bits per heavy atom. The van der Waals surface area contributed by atoms with Crippen molar-refractivity contribution in [1.82, 2.24) is 0 Å². The number of hydrogen-bond acceptors (Lipinski definition) is 0. The van der Waals surface area contributed by atoms with E-state index in [1.54, 1.807) is 6.08 Å². The molecule has 0 spiro atoms. The fourth-order valence-corrected chi connectivity index (χ4v) is 1.02. The molecule has 1 unspecified atom stereocenters. The van der Waals surface area contributed by atoms with Crippen molar-refractivity contribution in [3.05, 3.63) is 48.6 Å². The molecule has 1 aromatic rings. The number of hydrogen-bond donors (Lipinski definition) is 0.